The third kappa shape index (κ3) is 4.28. The second kappa shape index (κ2) is 8.26. The van der Waals surface area contributed by atoms with Crippen LogP contribution in [0.25, 0.3) is 0 Å². The zero-order valence-corrected chi connectivity index (χ0v) is 14.2. The number of sulfonamides is 1. The van der Waals surface area contributed by atoms with Gasteiger partial charge in [-0.05, 0) is 37.6 Å². The second-order valence-corrected chi connectivity index (χ2v) is 6.87. The van der Waals surface area contributed by atoms with Gasteiger partial charge < -0.3 is 11.1 Å². The Balaban J connectivity index is 3.12. The van der Waals surface area contributed by atoms with Gasteiger partial charge in [0, 0.05) is 25.2 Å². The van der Waals surface area contributed by atoms with Crippen LogP contribution in [0.2, 0.25) is 0 Å². The van der Waals surface area contributed by atoms with Crippen LogP contribution in [0, 0.1) is 6.92 Å². The van der Waals surface area contributed by atoms with Crippen molar-refractivity contribution in [1.82, 2.24) is 9.62 Å². The van der Waals surface area contributed by atoms with E-state index in [1.807, 2.05) is 0 Å². The molecule has 3 N–H and O–H groups in total. The maximum atomic E-state index is 12.6. The normalized spacial score (nSPS) is 11.7. The van der Waals surface area contributed by atoms with E-state index in [4.69, 9.17) is 5.73 Å². The van der Waals surface area contributed by atoms with Crippen LogP contribution < -0.4 is 11.1 Å². The molecule has 0 bridgehead atoms. The van der Waals surface area contributed by atoms with E-state index in [0.29, 0.717) is 43.7 Å². The molecule has 0 unspecified atom stereocenters. The van der Waals surface area contributed by atoms with Crippen LogP contribution in [0.5, 0.6) is 0 Å². The van der Waals surface area contributed by atoms with Gasteiger partial charge in [0.2, 0.25) is 10.0 Å². The minimum absolute atomic E-state index is 0.183. The van der Waals surface area contributed by atoms with Crippen molar-refractivity contribution in [3.05, 3.63) is 29.3 Å². The zero-order valence-electron chi connectivity index (χ0n) is 13.4. The average molecular weight is 327 g/mol. The molecule has 6 nitrogen and oxygen atoms in total. The average Bonchev–Trinajstić information content (AvgIpc) is 2.48. The number of amides is 1. The fraction of sp³-hybridized carbons (Fsp3) is 0.533. The lowest BCUT2D eigenvalue weighted by Gasteiger charge is -2.20. The van der Waals surface area contributed by atoms with Crippen molar-refractivity contribution >= 4 is 15.9 Å². The van der Waals surface area contributed by atoms with Crippen LogP contribution >= 0.6 is 0 Å². The van der Waals surface area contributed by atoms with Gasteiger partial charge >= 0.3 is 0 Å². The van der Waals surface area contributed by atoms with E-state index >= 15 is 0 Å². The summed E-state index contributed by atoms with van der Waals surface area (Å²) in [5.41, 5.74) is 6.35. The predicted molar refractivity (Wildman–Crippen MR) is 87.3 cm³/mol. The summed E-state index contributed by atoms with van der Waals surface area (Å²) in [5.74, 6) is -0.288. The molecule has 7 heteroatoms. The molecular weight excluding hydrogens is 302 g/mol. The van der Waals surface area contributed by atoms with E-state index in [2.05, 4.69) is 5.32 Å². The molecule has 22 heavy (non-hydrogen) atoms. The van der Waals surface area contributed by atoms with E-state index in [1.165, 1.54) is 10.4 Å². The number of hydrogen-bond acceptors (Lipinski definition) is 4. The SMILES string of the molecule is CCN(CC)S(=O)(=O)c1cc(C(=O)NCCCN)ccc1C. The molecule has 0 radical (unpaired) electrons. The molecule has 0 aliphatic rings. The molecule has 0 aromatic heterocycles. The van der Waals surface area contributed by atoms with E-state index in [0.717, 1.165) is 0 Å². The van der Waals surface area contributed by atoms with Gasteiger partial charge in [-0.1, -0.05) is 19.9 Å². The summed E-state index contributed by atoms with van der Waals surface area (Å²) in [4.78, 5) is 12.2. The van der Waals surface area contributed by atoms with Gasteiger partial charge in [0.1, 0.15) is 0 Å². The molecule has 0 saturated heterocycles. The number of carbonyl (C=O) groups excluding carboxylic acids is 1. The van der Waals surface area contributed by atoms with Crippen molar-refractivity contribution in [3.8, 4) is 0 Å². The molecule has 124 valence electrons. The largest absolute Gasteiger partial charge is 0.352 e. The maximum Gasteiger partial charge on any atom is 0.251 e. The van der Waals surface area contributed by atoms with Crippen molar-refractivity contribution in [1.29, 1.82) is 0 Å². The lowest BCUT2D eigenvalue weighted by Crippen LogP contribution is -2.31. The number of aryl methyl sites for hydroxylation is 1. The van der Waals surface area contributed by atoms with E-state index in [1.54, 1.807) is 32.9 Å². The highest BCUT2D eigenvalue weighted by atomic mass is 32.2. The third-order valence-electron chi connectivity index (χ3n) is 3.44. The maximum absolute atomic E-state index is 12.6. The highest BCUT2D eigenvalue weighted by Gasteiger charge is 2.24. The first-order chi connectivity index (χ1) is 10.4. The van der Waals surface area contributed by atoms with Crippen molar-refractivity contribution in [2.45, 2.75) is 32.1 Å². The number of nitrogens with one attached hydrogen (secondary N) is 1. The van der Waals surface area contributed by atoms with Crippen LogP contribution in [0.4, 0.5) is 0 Å². The number of carbonyl (C=O) groups is 1. The van der Waals surface area contributed by atoms with Gasteiger partial charge in [0.05, 0.1) is 4.90 Å². The van der Waals surface area contributed by atoms with Gasteiger partial charge in [-0.15, -0.1) is 0 Å². The van der Waals surface area contributed by atoms with Crippen molar-refractivity contribution in [2.24, 2.45) is 5.73 Å². The van der Waals surface area contributed by atoms with Gasteiger partial charge in [-0.25, -0.2) is 8.42 Å². The Kier molecular flexibility index (Phi) is 6.99. The number of rotatable bonds is 8. The molecule has 0 fully saturated rings. The molecule has 0 heterocycles. The minimum atomic E-state index is -3.58. The van der Waals surface area contributed by atoms with E-state index in [9.17, 15) is 13.2 Å². The Hall–Kier alpha value is -1.44. The second-order valence-electron chi connectivity index (χ2n) is 4.97. The van der Waals surface area contributed by atoms with Crippen molar-refractivity contribution < 1.29 is 13.2 Å². The van der Waals surface area contributed by atoms with Crippen LogP contribution in [0.3, 0.4) is 0 Å². The van der Waals surface area contributed by atoms with Gasteiger partial charge in [-0.2, -0.15) is 4.31 Å². The summed E-state index contributed by atoms with van der Waals surface area (Å²) in [5, 5.41) is 2.73. The molecule has 0 aliphatic carbocycles. The quantitative estimate of drug-likeness (QED) is 0.699. The Morgan fingerprint density at radius 3 is 2.45 bits per heavy atom. The van der Waals surface area contributed by atoms with Gasteiger partial charge in [0.15, 0.2) is 0 Å². The van der Waals surface area contributed by atoms with Crippen LogP contribution in [0.15, 0.2) is 23.1 Å². The van der Waals surface area contributed by atoms with E-state index in [-0.39, 0.29) is 10.8 Å². The Morgan fingerprint density at radius 1 is 1.27 bits per heavy atom. The molecule has 1 aromatic rings. The summed E-state index contributed by atoms with van der Waals surface area (Å²) in [6, 6.07) is 4.74. The number of nitrogens with zero attached hydrogens (tertiary/aromatic N) is 1. The molecule has 1 amide bonds. The lowest BCUT2D eigenvalue weighted by atomic mass is 10.1. The number of hydrogen-bond donors (Lipinski definition) is 2. The summed E-state index contributed by atoms with van der Waals surface area (Å²) in [6.45, 7) is 7.07. The molecule has 1 aromatic carbocycles. The first-order valence-corrected chi connectivity index (χ1v) is 8.91. The zero-order chi connectivity index (χ0) is 16.8. The minimum Gasteiger partial charge on any atom is -0.352 e. The predicted octanol–water partition coefficient (Wildman–Crippen LogP) is 1.10. The lowest BCUT2D eigenvalue weighted by molar-refractivity contribution is 0.0953. The summed E-state index contributed by atoms with van der Waals surface area (Å²) < 4.78 is 26.6. The third-order valence-corrected chi connectivity index (χ3v) is 5.63. The van der Waals surface area contributed by atoms with Crippen LogP contribution in [-0.2, 0) is 10.0 Å². The Morgan fingerprint density at radius 2 is 1.91 bits per heavy atom. The molecule has 0 aliphatic heterocycles. The smallest absolute Gasteiger partial charge is 0.251 e. The molecule has 0 spiro atoms. The van der Waals surface area contributed by atoms with Crippen LogP contribution in [-0.4, -0.2) is 44.8 Å². The standard InChI is InChI=1S/C15H25N3O3S/c1-4-18(5-2)22(20,21)14-11-13(8-7-12(14)3)15(19)17-10-6-9-16/h7-8,11H,4-6,9-10,16H2,1-3H3,(H,17,19). The van der Waals surface area contributed by atoms with Gasteiger partial charge in [-0.3, -0.25) is 4.79 Å². The number of nitrogens with two attached hydrogens (primary N) is 1. The summed E-state index contributed by atoms with van der Waals surface area (Å²) in [7, 11) is -3.58. The Bertz CT molecular complexity index is 610. The molecule has 0 saturated carbocycles. The molecule has 1 rings (SSSR count). The monoisotopic (exact) mass is 327 g/mol. The van der Waals surface area contributed by atoms with Gasteiger partial charge in [0.25, 0.3) is 5.91 Å². The summed E-state index contributed by atoms with van der Waals surface area (Å²) >= 11 is 0. The topological polar surface area (TPSA) is 92.5 Å². The van der Waals surface area contributed by atoms with Crippen molar-refractivity contribution in [3.63, 3.8) is 0 Å². The first-order valence-electron chi connectivity index (χ1n) is 7.47. The number of benzene rings is 1. The van der Waals surface area contributed by atoms with Crippen LogP contribution in [0.1, 0.15) is 36.2 Å². The summed E-state index contributed by atoms with van der Waals surface area (Å²) in [6.07, 6.45) is 0.683. The molecular formula is C15H25N3O3S. The van der Waals surface area contributed by atoms with E-state index < -0.39 is 10.0 Å². The highest BCUT2D eigenvalue weighted by Crippen LogP contribution is 2.21. The fourth-order valence-electron chi connectivity index (χ4n) is 2.13. The fourth-order valence-corrected chi connectivity index (χ4v) is 3.84. The Labute approximate surface area is 132 Å². The highest BCUT2D eigenvalue weighted by molar-refractivity contribution is 7.89. The van der Waals surface area contributed by atoms with Crippen molar-refractivity contribution in [2.75, 3.05) is 26.2 Å². The first kappa shape index (κ1) is 18.6. The molecule has 0 atom stereocenters.